The summed E-state index contributed by atoms with van der Waals surface area (Å²) in [5.74, 6) is 1.85. The van der Waals surface area contributed by atoms with Gasteiger partial charge in [-0.3, -0.25) is 4.99 Å². The summed E-state index contributed by atoms with van der Waals surface area (Å²) in [5.41, 5.74) is 4.59. The first-order valence-electron chi connectivity index (χ1n) is 7.23. The second-order valence-electron chi connectivity index (χ2n) is 5.14. The van der Waals surface area contributed by atoms with E-state index in [0.29, 0.717) is 10.6 Å². The molecule has 0 amide bonds. The molecule has 0 spiro atoms. The van der Waals surface area contributed by atoms with E-state index in [4.69, 9.17) is 22.8 Å². The van der Waals surface area contributed by atoms with Crippen LogP contribution >= 0.6 is 11.6 Å². The van der Waals surface area contributed by atoms with Crippen molar-refractivity contribution >= 4 is 23.3 Å². The Hall–Kier alpha value is -2.57. The van der Waals surface area contributed by atoms with Crippen LogP contribution in [0.4, 0.5) is 0 Å². The van der Waals surface area contributed by atoms with Gasteiger partial charge >= 0.3 is 5.97 Å². The van der Waals surface area contributed by atoms with Crippen LogP contribution in [0.5, 0.6) is 0 Å². The first-order chi connectivity index (χ1) is 11.2. The number of terminal acetylenes is 1. The van der Waals surface area contributed by atoms with E-state index in [-0.39, 0.29) is 6.61 Å². The molecule has 0 radical (unpaired) electrons. The van der Waals surface area contributed by atoms with Crippen LogP contribution in [0.3, 0.4) is 0 Å². The van der Waals surface area contributed by atoms with E-state index in [1.807, 2.05) is 30.3 Å². The fourth-order valence-corrected chi connectivity index (χ4v) is 2.73. The fraction of sp³-hybridized carbons (Fsp3) is 0.158. The number of aliphatic imine (C=N–C) groups is 1. The molecule has 4 heteroatoms. The molecule has 2 aromatic rings. The molecule has 1 aliphatic rings. The lowest BCUT2D eigenvalue weighted by Gasteiger charge is -2.17. The monoisotopic (exact) mass is 323 g/mol. The maximum atomic E-state index is 11.8. The van der Waals surface area contributed by atoms with Gasteiger partial charge in [0.2, 0.25) is 0 Å². The van der Waals surface area contributed by atoms with Gasteiger partial charge in [-0.25, -0.2) is 4.79 Å². The highest BCUT2D eigenvalue weighted by Gasteiger charge is 2.17. The van der Waals surface area contributed by atoms with Crippen molar-refractivity contribution in [2.24, 2.45) is 4.99 Å². The standard InChI is InChI=1S/C19H14ClNO2/c1-2-11-23-19(22)15-5-3-14(4-6-15)18-17-12-16(20)8-7-13(17)9-10-21-18/h1,3-8,12H,9-11H2. The molecule has 3 rings (SSSR count). The van der Waals surface area contributed by atoms with Crippen LogP contribution in [0.1, 0.15) is 27.0 Å². The first kappa shape index (κ1) is 15.3. The Morgan fingerprint density at radius 3 is 2.78 bits per heavy atom. The number of carbonyl (C=O) groups is 1. The van der Waals surface area contributed by atoms with Crippen molar-refractivity contribution in [3.63, 3.8) is 0 Å². The molecule has 23 heavy (non-hydrogen) atoms. The third-order valence-corrected chi connectivity index (χ3v) is 3.89. The van der Waals surface area contributed by atoms with Gasteiger partial charge in [0, 0.05) is 22.7 Å². The third kappa shape index (κ3) is 3.28. The van der Waals surface area contributed by atoms with E-state index in [9.17, 15) is 4.79 Å². The molecule has 0 aromatic heterocycles. The number of esters is 1. The molecule has 0 aliphatic carbocycles. The lowest BCUT2D eigenvalue weighted by Crippen LogP contribution is -2.14. The Balaban J connectivity index is 1.89. The van der Waals surface area contributed by atoms with E-state index in [1.165, 1.54) is 5.56 Å². The van der Waals surface area contributed by atoms with Crippen molar-refractivity contribution < 1.29 is 9.53 Å². The summed E-state index contributed by atoms with van der Waals surface area (Å²) in [6.45, 7) is 0.717. The summed E-state index contributed by atoms with van der Waals surface area (Å²) < 4.78 is 4.91. The third-order valence-electron chi connectivity index (χ3n) is 3.66. The smallest absolute Gasteiger partial charge is 0.339 e. The second-order valence-corrected chi connectivity index (χ2v) is 5.58. The number of fused-ring (bicyclic) bond motifs is 1. The Bertz CT molecular complexity index is 816. The van der Waals surface area contributed by atoms with Crippen LogP contribution in [-0.4, -0.2) is 24.8 Å². The van der Waals surface area contributed by atoms with Crippen molar-refractivity contribution in [2.45, 2.75) is 6.42 Å². The summed E-state index contributed by atoms with van der Waals surface area (Å²) in [6, 6.07) is 13.0. The van der Waals surface area contributed by atoms with Gasteiger partial charge in [-0.2, -0.15) is 0 Å². The number of nitrogens with zero attached hydrogens (tertiary/aromatic N) is 1. The van der Waals surface area contributed by atoms with Crippen LogP contribution < -0.4 is 0 Å². The number of hydrogen-bond acceptors (Lipinski definition) is 3. The minimum Gasteiger partial charge on any atom is -0.449 e. The molecular formula is C19H14ClNO2. The quantitative estimate of drug-likeness (QED) is 0.640. The van der Waals surface area contributed by atoms with E-state index in [0.717, 1.165) is 29.8 Å². The highest BCUT2D eigenvalue weighted by atomic mass is 35.5. The zero-order valence-corrected chi connectivity index (χ0v) is 13.1. The van der Waals surface area contributed by atoms with Gasteiger partial charge in [0.1, 0.15) is 0 Å². The fourth-order valence-electron chi connectivity index (χ4n) is 2.56. The SMILES string of the molecule is C#CCOC(=O)c1ccc(C2=NCCc3ccc(Cl)cc32)cc1. The maximum absolute atomic E-state index is 11.8. The second kappa shape index (κ2) is 6.68. The van der Waals surface area contributed by atoms with Gasteiger partial charge in [-0.05, 0) is 36.2 Å². The molecule has 1 heterocycles. The zero-order chi connectivity index (χ0) is 16.2. The number of carbonyl (C=O) groups excluding carboxylic acids is 1. The van der Waals surface area contributed by atoms with Crippen molar-refractivity contribution in [1.82, 2.24) is 0 Å². The Labute approximate surface area is 140 Å². The summed E-state index contributed by atoms with van der Waals surface area (Å²) in [7, 11) is 0. The number of benzene rings is 2. The molecule has 114 valence electrons. The predicted molar refractivity (Wildman–Crippen MR) is 91.2 cm³/mol. The van der Waals surface area contributed by atoms with Gasteiger partial charge in [0.05, 0.1) is 11.3 Å². The summed E-state index contributed by atoms with van der Waals surface area (Å²) in [4.78, 5) is 16.4. The molecule has 0 saturated heterocycles. The molecule has 0 unspecified atom stereocenters. The Morgan fingerprint density at radius 2 is 2.04 bits per heavy atom. The normalized spacial score (nSPS) is 12.8. The van der Waals surface area contributed by atoms with Crippen LogP contribution in [0.15, 0.2) is 47.5 Å². The minimum absolute atomic E-state index is 0.0286. The summed E-state index contributed by atoms with van der Waals surface area (Å²) in [5, 5.41) is 0.688. The van der Waals surface area contributed by atoms with Gasteiger partial charge in [0.25, 0.3) is 0 Å². The van der Waals surface area contributed by atoms with E-state index in [1.54, 1.807) is 12.1 Å². The highest BCUT2D eigenvalue weighted by Crippen LogP contribution is 2.24. The summed E-state index contributed by atoms with van der Waals surface area (Å²) in [6.07, 6.45) is 5.99. The van der Waals surface area contributed by atoms with Crippen LogP contribution in [0, 0.1) is 12.3 Å². The van der Waals surface area contributed by atoms with Gasteiger partial charge in [-0.1, -0.05) is 35.7 Å². The van der Waals surface area contributed by atoms with Gasteiger partial charge in [-0.15, -0.1) is 6.42 Å². The zero-order valence-electron chi connectivity index (χ0n) is 12.4. The van der Waals surface area contributed by atoms with Crippen molar-refractivity contribution in [2.75, 3.05) is 13.2 Å². The van der Waals surface area contributed by atoms with E-state index in [2.05, 4.69) is 10.9 Å². The average Bonchev–Trinajstić information content (AvgIpc) is 2.59. The first-order valence-corrected chi connectivity index (χ1v) is 7.61. The van der Waals surface area contributed by atoms with Crippen LogP contribution in [0.2, 0.25) is 5.02 Å². The Kier molecular flexibility index (Phi) is 4.45. The van der Waals surface area contributed by atoms with Crippen LogP contribution in [-0.2, 0) is 11.2 Å². The number of halogens is 1. The molecule has 2 aromatic carbocycles. The molecular weight excluding hydrogens is 310 g/mol. The van der Waals surface area contributed by atoms with Crippen molar-refractivity contribution in [3.05, 3.63) is 69.7 Å². The lowest BCUT2D eigenvalue weighted by atomic mass is 9.93. The molecule has 0 bridgehead atoms. The van der Waals surface area contributed by atoms with Gasteiger partial charge in [0.15, 0.2) is 6.61 Å². The maximum Gasteiger partial charge on any atom is 0.339 e. The molecule has 1 aliphatic heterocycles. The number of hydrogen-bond donors (Lipinski definition) is 0. The van der Waals surface area contributed by atoms with Gasteiger partial charge < -0.3 is 4.74 Å². The van der Waals surface area contributed by atoms with E-state index >= 15 is 0 Å². The highest BCUT2D eigenvalue weighted by molar-refractivity contribution is 6.31. The summed E-state index contributed by atoms with van der Waals surface area (Å²) >= 11 is 6.11. The molecule has 0 fully saturated rings. The predicted octanol–water partition coefficient (Wildman–Crippen LogP) is 3.52. The topological polar surface area (TPSA) is 38.7 Å². The molecule has 0 N–H and O–H groups in total. The van der Waals surface area contributed by atoms with Crippen LogP contribution in [0.25, 0.3) is 0 Å². The molecule has 0 atom stereocenters. The van der Waals surface area contributed by atoms with E-state index < -0.39 is 5.97 Å². The molecule has 3 nitrogen and oxygen atoms in total. The average molecular weight is 324 g/mol. The lowest BCUT2D eigenvalue weighted by molar-refractivity contribution is 0.0557. The Morgan fingerprint density at radius 1 is 1.26 bits per heavy atom. The minimum atomic E-state index is -0.427. The largest absolute Gasteiger partial charge is 0.449 e. The van der Waals surface area contributed by atoms with Crippen molar-refractivity contribution in [1.29, 1.82) is 0 Å². The van der Waals surface area contributed by atoms with Crippen molar-refractivity contribution in [3.8, 4) is 12.3 Å². The number of ether oxygens (including phenoxy) is 1. The number of rotatable bonds is 3. The molecule has 0 saturated carbocycles.